The number of ether oxygens (including phenoxy) is 1. The maximum atomic E-state index is 5.64. The number of hydrogen-bond donors (Lipinski definition) is 2. The largest absolute Gasteiger partial charge is 0.378 e. The Morgan fingerprint density at radius 1 is 1.57 bits per heavy atom. The van der Waals surface area contributed by atoms with Crippen LogP contribution in [0.3, 0.4) is 0 Å². The lowest BCUT2D eigenvalue weighted by Gasteiger charge is -2.06. The maximum absolute atomic E-state index is 5.64. The summed E-state index contributed by atoms with van der Waals surface area (Å²) < 4.78 is 5.05. The molecule has 0 spiro atoms. The van der Waals surface area contributed by atoms with Gasteiger partial charge in [0.15, 0.2) is 5.13 Å². The molecule has 0 atom stereocenters. The van der Waals surface area contributed by atoms with Crippen LogP contribution in [-0.2, 0) is 17.9 Å². The summed E-state index contributed by atoms with van der Waals surface area (Å²) in [5.74, 6) is 0. The molecule has 0 bridgehead atoms. The second-order valence-corrected chi connectivity index (χ2v) is 4.51. The van der Waals surface area contributed by atoms with Crippen LogP contribution in [-0.4, -0.2) is 18.1 Å². The van der Waals surface area contributed by atoms with E-state index in [0.29, 0.717) is 17.8 Å². The van der Waals surface area contributed by atoms with Crippen molar-refractivity contribution in [1.82, 2.24) is 10.3 Å². The fourth-order valence-corrected chi connectivity index (χ4v) is 1.87. The Morgan fingerprint density at radius 2 is 2.29 bits per heavy atom. The van der Waals surface area contributed by atoms with E-state index in [9.17, 15) is 0 Å². The van der Waals surface area contributed by atoms with Crippen molar-refractivity contribution in [1.29, 1.82) is 0 Å². The molecule has 0 aliphatic rings. The van der Waals surface area contributed by atoms with Crippen molar-refractivity contribution in [3.63, 3.8) is 0 Å². The number of nitrogens with zero attached hydrogens (tertiary/aromatic N) is 1. The minimum atomic E-state index is 0.466. The third-order valence-corrected chi connectivity index (χ3v) is 2.67. The molecule has 0 radical (unpaired) electrons. The number of anilines is 1. The smallest absolute Gasteiger partial charge is 0.180 e. The molecule has 1 aromatic rings. The highest BCUT2D eigenvalue weighted by atomic mass is 32.1. The summed E-state index contributed by atoms with van der Waals surface area (Å²) in [6, 6.07) is 0.466. The van der Waals surface area contributed by atoms with E-state index in [4.69, 9.17) is 10.5 Å². The molecule has 4 nitrogen and oxygen atoms in total. The quantitative estimate of drug-likeness (QED) is 0.779. The summed E-state index contributed by atoms with van der Waals surface area (Å²) in [5.41, 5.74) is 6.59. The van der Waals surface area contributed by atoms with E-state index in [-0.39, 0.29) is 0 Å². The first kappa shape index (κ1) is 11.4. The molecule has 0 aliphatic heterocycles. The summed E-state index contributed by atoms with van der Waals surface area (Å²) in [5, 5.41) is 3.94. The number of thiazole rings is 1. The Labute approximate surface area is 88.5 Å². The number of aromatic nitrogens is 1. The van der Waals surface area contributed by atoms with E-state index >= 15 is 0 Å². The highest BCUT2D eigenvalue weighted by molar-refractivity contribution is 7.15. The van der Waals surface area contributed by atoms with Crippen LogP contribution in [0.4, 0.5) is 5.13 Å². The molecule has 0 aromatic carbocycles. The lowest BCUT2D eigenvalue weighted by Crippen LogP contribution is -2.21. The lowest BCUT2D eigenvalue weighted by molar-refractivity contribution is 0.181. The van der Waals surface area contributed by atoms with E-state index in [1.165, 1.54) is 11.3 Å². The predicted octanol–water partition coefficient (Wildman–Crippen LogP) is 1.37. The van der Waals surface area contributed by atoms with Gasteiger partial charge in [0.25, 0.3) is 0 Å². The number of methoxy groups -OCH3 is 1. The SMILES string of the molecule is COCc1nc(N)sc1CNC(C)C. The van der Waals surface area contributed by atoms with Crippen LogP contribution < -0.4 is 11.1 Å². The Balaban J connectivity index is 2.63. The van der Waals surface area contributed by atoms with Crippen molar-refractivity contribution in [2.45, 2.75) is 33.0 Å². The zero-order chi connectivity index (χ0) is 10.6. The normalized spacial score (nSPS) is 11.1. The third kappa shape index (κ3) is 3.25. The van der Waals surface area contributed by atoms with E-state index in [0.717, 1.165) is 17.1 Å². The zero-order valence-electron chi connectivity index (χ0n) is 8.83. The van der Waals surface area contributed by atoms with E-state index < -0.39 is 0 Å². The standard InChI is InChI=1S/C9H17N3OS/c1-6(2)11-4-8-7(5-13-3)12-9(10)14-8/h6,11H,4-5H2,1-3H3,(H2,10,12). The van der Waals surface area contributed by atoms with Gasteiger partial charge in [-0.15, -0.1) is 11.3 Å². The van der Waals surface area contributed by atoms with Crippen molar-refractivity contribution >= 4 is 16.5 Å². The second kappa shape index (κ2) is 5.29. The van der Waals surface area contributed by atoms with Gasteiger partial charge >= 0.3 is 0 Å². The maximum Gasteiger partial charge on any atom is 0.180 e. The lowest BCUT2D eigenvalue weighted by atomic mass is 10.3. The van der Waals surface area contributed by atoms with Crippen LogP contribution in [0.1, 0.15) is 24.4 Å². The van der Waals surface area contributed by atoms with Gasteiger partial charge in [-0.2, -0.15) is 0 Å². The first-order valence-corrected chi connectivity index (χ1v) is 5.41. The van der Waals surface area contributed by atoms with Crippen molar-refractivity contribution in [3.05, 3.63) is 10.6 Å². The van der Waals surface area contributed by atoms with E-state index in [1.807, 2.05) is 0 Å². The summed E-state index contributed by atoms with van der Waals surface area (Å²) in [7, 11) is 1.66. The van der Waals surface area contributed by atoms with Gasteiger partial charge in [-0.3, -0.25) is 0 Å². The summed E-state index contributed by atoms with van der Waals surface area (Å²) in [6.07, 6.45) is 0. The fourth-order valence-electron chi connectivity index (χ4n) is 1.09. The molecule has 0 saturated carbocycles. The molecule has 1 aromatic heterocycles. The predicted molar refractivity (Wildman–Crippen MR) is 59.2 cm³/mol. The van der Waals surface area contributed by atoms with Crippen molar-refractivity contribution in [2.24, 2.45) is 0 Å². The molecule has 3 N–H and O–H groups in total. The number of rotatable bonds is 5. The summed E-state index contributed by atoms with van der Waals surface area (Å²) >= 11 is 1.52. The molecule has 0 amide bonds. The molecule has 1 rings (SSSR count). The highest BCUT2D eigenvalue weighted by Gasteiger charge is 2.09. The first-order valence-electron chi connectivity index (χ1n) is 4.60. The van der Waals surface area contributed by atoms with Crippen LogP contribution in [0.15, 0.2) is 0 Å². The third-order valence-electron chi connectivity index (χ3n) is 1.75. The second-order valence-electron chi connectivity index (χ2n) is 3.39. The van der Waals surface area contributed by atoms with Gasteiger partial charge in [0.05, 0.1) is 12.3 Å². The van der Waals surface area contributed by atoms with Crippen molar-refractivity contribution in [2.75, 3.05) is 12.8 Å². The molecule has 0 unspecified atom stereocenters. The monoisotopic (exact) mass is 215 g/mol. The molecule has 0 aliphatic carbocycles. The molecule has 1 heterocycles. The summed E-state index contributed by atoms with van der Waals surface area (Å²) in [6.45, 7) is 5.56. The number of hydrogen-bond acceptors (Lipinski definition) is 5. The Hall–Kier alpha value is -0.650. The van der Waals surface area contributed by atoms with Crippen LogP contribution in [0.25, 0.3) is 0 Å². The van der Waals surface area contributed by atoms with Gasteiger partial charge in [0.1, 0.15) is 0 Å². The molecule has 5 heteroatoms. The van der Waals surface area contributed by atoms with Gasteiger partial charge in [0.2, 0.25) is 0 Å². The average molecular weight is 215 g/mol. The molecule has 14 heavy (non-hydrogen) atoms. The minimum absolute atomic E-state index is 0.466. The first-order chi connectivity index (χ1) is 6.63. The zero-order valence-corrected chi connectivity index (χ0v) is 9.65. The van der Waals surface area contributed by atoms with Crippen LogP contribution in [0.5, 0.6) is 0 Å². The van der Waals surface area contributed by atoms with Gasteiger partial charge < -0.3 is 15.8 Å². The van der Waals surface area contributed by atoms with E-state index in [2.05, 4.69) is 24.1 Å². The molecule has 0 saturated heterocycles. The Bertz CT molecular complexity index is 286. The molecule has 80 valence electrons. The van der Waals surface area contributed by atoms with Crippen LogP contribution in [0.2, 0.25) is 0 Å². The number of nitrogens with one attached hydrogen (secondary N) is 1. The van der Waals surface area contributed by atoms with E-state index in [1.54, 1.807) is 7.11 Å². The molecular weight excluding hydrogens is 198 g/mol. The van der Waals surface area contributed by atoms with Crippen molar-refractivity contribution < 1.29 is 4.74 Å². The molecule has 0 fully saturated rings. The molecular formula is C9H17N3OS. The van der Waals surface area contributed by atoms with Crippen LogP contribution in [0, 0.1) is 0 Å². The summed E-state index contributed by atoms with van der Waals surface area (Å²) in [4.78, 5) is 5.37. The van der Waals surface area contributed by atoms with Crippen molar-refractivity contribution in [3.8, 4) is 0 Å². The number of nitrogens with two attached hydrogens (primary N) is 1. The minimum Gasteiger partial charge on any atom is -0.378 e. The number of nitrogen functional groups attached to an aromatic ring is 1. The van der Waals surface area contributed by atoms with Gasteiger partial charge in [-0.05, 0) is 0 Å². The van der Waals surface area contributed by atoms with Gasteiger partial charge in [-0.25, -0.2) is 4.98 Å². The Morgan fingerprint density at radius 3 is 2.86 bits per heavy atom. The topological polar surface area (TPSA) is 60.2 Å². The van der Waals surface area contributed by atoms with Crippen LogP contribution >= 0.6 is 11.3 Å². The Kier molecular flexibility index (Phi) is 4.31. The van der Waals surface area contributed by atoms with Gasteiger partial charge in [0, 0.05) is 24.6 Å². The fraction of sp³-hybridized carbons (Fsp3) is 0.667. The highest BCUT2D eigenvalue weighted by Crippen LogP contribution is 2.20. The van der Waals surface area contributed by atoms with Gasteiger partial charge in [-0.1, -0.05) is 13.8 Å². The average Bonchev–Trinajstić information content (AvgIpc) is 2.44.